The molecule has 154 valence electrons. The van der Waals surface area contributed by atoms with Gasteiger partial charge in [-0.05, 0) is 18.6 Å². The van der Waals surface area contributed by atoms with Crippen LogP contribution < -0.4 is 10.2 Å². The lowest BCUT2D eigenvalue weighted by atomic mass is 10.1. The zero-order valence-corrected chi connectivity index (χ0v) is 18.4. The number of amides is 2. The number of benzene rings is 1. The molecule has 0 spiro atoms. The minimum atomic E-state index is -0.204. The van der Waals surface area contributed by atoms with Gasteiger partial charge < -0.3 is 15.1 Å². The van der Waals surface area contributed by atoms with E-state index in [2.05, 4.69) is 15.2 Å². The summed E-state index contributed by atoms with van der Waals surface area (Å²) in [7, 11) is 1.71. The Morgan fingerprint density at radius 3 is 2.36 bits per heavy atom. The fourth-order valence-corrected chi connectivity index (χ4v) is 3.53. The predicted molar refractivity (Wildman–Crippen MR) is 118 cm³/mol. The third-order valence-electron chi connectivity index (χ3n) is 4.99. The Balaban J connectivity index is 0.00000280. The number of aliphatic imine (C=N–C) groups is 1. The van der Waals surface area contributed by atoms with Gasteiger partial charge in [-0.1, -0.05) is 12.1 Å². The smallest absolute Gasteiger partial charge is 0.229 e. The molecule has 1 N–H and O–H groups in total. The van der Waals surface area contributed by atoms with Crippen LogP contribution in [-0.4, -0.2) is 73.9 Å². The van der Waals surface area contributed by atoms with Gasteiger partial charge >= 0.3 is 0 Å². The number of anilines is 1. The summed E-state index contributed by atoms with van der Waals surface area (Å²) in [5.74, 6) is 0.340. The number of halogens is 2. The number of piperidine rings is 1. The number of likely N-dealkylation sites (tertiary alicyclic amines) is 1. The van der Waals surface area contributed by atoms with Crippen LogP contribution in [0.15, 0.2) is 29.3 Å². The first-order valence-electron chi connectivity index (χ1n) is 9.38. The molecule has 0 bridgehead atoms. The van der Waals surface area contributed by atoms with Crippen molar-refractivity contribution in [3.8, 4) is 0 Å². The van der Waals surface area contributed by atoms with Gasteiger partial charge in [0.25, 0.3) is 0 Å². The molecule has 2 aliphatic heterocycles. The van der Waals surface area contributed by atoms with Gasteiger partial charge in [0.15, 0.2) is 5.96 Å². The minimum absolute atomic E-state index is 0. The Hall–Kier alpha value is -1.91. The zero-order chi connectivity index (χ0) is 19.2. The molecule has 0 saturated carbocycles. The molecule has 0 aliphatic carbocycles. The van der Waals surface area contributed by atoms with E-state index in [-0.39, 0.29) is 41.6 Å². The van der Waals surface area contributed by atoms with Crippen molar-refractivity contribution in [3.63, 3.8) is 0 Å². The van der Waals surface area contributed by atoms with Crippen molar-refractivity contribution < 1.29 is 14.0 Å². The summed E-state index contributed by atoms with van der Waals surface area (Å²) >= 11 is 0. The highest BCUT2D eigenvalue weighted by molar-refractivity contribution is 14.0. The molecule has 2 fully saturated rings. The summed E-state index contributed by atoms with van der Waals surface area (Å²) < 4.78 is 14.0. The number of hydrogen-bond donors (Lipinski definition) is 1. The Kier molecular flexibility index (Phi) is 8.46. The first kappa shape index (κ1) is 22.4. The molecular formula is C19H27FIN5O2. The number of guanidine groups is 1. The summed E-state index contributed by atoms with van der Waals surface area (Å²) in [6.45, 7) is 3.66. The molecule has 0 atom stereocenters. The van der Waals surface area contributed by atoms with Crippen LogP contribution in [-0.2, 0) is 9.59 Å². The molecule has 2 aliphatic rings. The van der Waals surface area contributed by atoms with Crippen molar-refractivity contribution in [2.75, 3.05) is 51.2 Å². The van der Waals surface area contributed by atoms with Crippen LogP contribution in [0.5, 0.6) is 0 Å². The van der Waals surface area contributed by atoms with Gasteiger partial charge in [-0.15, -0.1) is 24.0 Å². The first-order chi connectivity index (χ1) is 13.1. The van der Waals surface area contributed by atoms with Gasteiger partial charge in [-0.2, -0.15) is 0 Å². The zero-order valence-electron chi connectivity index (χ0n) is 16.1. The van der Waals surface area contributed by atoms with E-state index in [4.69, 9.17) is 0 Å². The van der Waals surface area contributed by atoms with Crippen molar-refractivity contribution >= 4 is 47.4 Å². The molecule has 28 heavy (non-hydrogen) atoms. The molecule has 3 rings (SSSR count). The Morgan fingerprint density at radius 1 is 1.11 bits per heavy atom. The third kappa shape index (κ3) is 5.33. The third-order valence-corrected chi connectivity index (χ3v) is 4.99. The molecule has 0 aromatic heterocycles. The molecule has 0 unspecified atom stereocenters. The van der Waals surface area contributed by atoms with Crippen molar-refractivity contribution in [2.24, 2.45) is 4.99 Å². The molecule has 1 aromatic rings. The van der Waals surface area contributed by atoms with Gasteiger partial charge in [0, 0.05) is 59.2 Å². The Labute approximate surface area is 182 Å². The van der Waals surface area contributed by atoms with E-state index in [1.807, 2.05) is 11.0 Å². The van der Waals surface area contributed by atoms with E-state index in [1.54, 1.807) is 19.2 Å². The average molecular weight is 503 g/mol. The molecule has 2 saturated heterocycles. The van der Waals surface area contributed by atoms with Crippen molar-refractivity contribution in [1.82, 2.24) is 15.1 Å². The standard InChI is InChI=1S/C19H26FN5O2.HI/c1-21-19(22-9-10-25-17(26)7-4-8-18(25)27)24-13-11-23(12-14-24)16-6-3-2-5-15(16)20;/h2-3,5-6H,4,7-14H2,1H3,(H,21,22);1H. The number of nitrogens with one attached hydrogen (secondary N) is 1. The lowest BCUT2D eigenvalue weighted by Gasteiger charge is -2.38. The van der Waals surface area contributed by atoms with E-state index in [0.29, 0.717) is 51.1 Å². The van der Waals surface area contributed by atoms with E-state index >= 15 is 0 Å². The number of imide groups is 1. The van der Waals surface area contributed by atoms with Crippen LogP contribution in [0.4, 0.5) is 10.1 Å². The lowest BCUT2D eigenvalue weighted by molar-refractivity contribution is -0.147. The molecule has 2 amide bonds. The number of carbonyl (C=O) groups is 2. The van der Waals surface area contributed by atoms with Crippen molar-refractivity contribution in [3.05, 3.63) is 30.1 Å². The maximum Gasteiger partial charge on any atom is 0.229 e. The molecule has 9 heteroatoms. The minimum Gasteiger partial charge on any atom is -0.366 e. The highest BCUT2D eigenvalue weighted by Gasteiger charge is 2.26. The number of hydrogen-bond acceptors (Lipinski definition) is 4. The fourth-order valence-electron chi connectivity index (χ4n) is 3.53. The SMILES string of the molecule is CN=C(NCCN1C(=O)CCCC1=O)N1CCN(c2ccccc2F)CC1.I. The van der Waals surface area contributed by atoms with Crippen LogP contribution in [0, 0.1) is 5.82 Å². The number of carbonyl (C=O) groups excluding carboxylic acids is 2. The van der Waals surface area contributed by atoms with Crippen LogP contribution in [0.2, 0.25) is 0 Å². The number of rotatable bonds is 4. The maximum absolute atomic E-state index is 14.0. The van der Waals surface area contributed by atoms with E-state index in [0.717, 1.165) is 19.0 Å². The summed E-state index contributed by atoms with van der Waals surface area (Å²) in [5.41, 5.74) is 0.627. The van der Waals surface area contributed by atoms with Crippen molar-refractivity contribution in [1.29, 1.82) is 0 Å². The van der Waals surface area contributed by atoms with E-state index in [9.17, 15) is 14.0 Å². The largest absolute Gasteiger partial charge is 0.366 e. The molecule has 7 nitrogen and oxygen atoms in total. The normalized spacial score (nSPS) is 18.2. The average Bonchev–Trinajstić information content (AvgIpc) is 2.68. The number of nitrogens with zero attached hydrogens (tertiary/aromatic N) is 4. The topological polar surface area (TPSA) is 68.2 Å². The lowest BCUT2D eigenvalue weighted by Crippen LogP contribution is -2.54. The van der Waals surface area contributed by atoms with Crippen molar-refractivity contribution in [2.45, 2.75) is 19.3 Å². The summed E-state index contributed by atoms with van der Waals surface area (Å²) in [5, 5.41) is 3.23. The molecule has 2 heterocycles. The quantitative estimate of drug-likeness (QED) is 0.293. The van der Waals surface area contributed by atoms with Gasteiger partial charge in [0.05, 0.1) is 5.69 Å². The highest BCUT2D eigenvalue weighted by atomic mass is 127. The van der Waals surface area contributed by atoms with Crippen LogP contribution in [0.1, 0.15) is 19.3 Å². The van der Waals surface area contributed by atoms with E-state index in [1.165, 1.54) is 11.0 Å². The van der Waals surface area contributed by atoms with Gasteiger partial charge in [0.2, 0.25) is 11.8 Å². The summed E-state index contributed by atoms with van der Waals surface area (Å²) in [4.78, 5) is 33.5. The first-order valence-corrected chi connectivity index (χ1v) is 9.38. The second-order valence-corrected chi connectivity index (χ2v) is 6.69. The highest BCUT2D eigenvalue weighted by Crippen LogP contribution is 2.20. The van der Waals surface area contributed by atoms with Crippen LogP contribution >= 0.6 is 24.0 Å². The van der Waals surface area contributed by atoms with Crippen LogP contribution in [0.25, 0.3) is 0 Å². The van der Waals surface area contributed by atoms with Gasteiger partial charge in [-0.25, -0.2) is 4.39 Å². The summed E-state index contributed by atoms with van der Waals surface area (Å²) in [6, 6.07) is 6.81. The van der Waals surface area contributed by atoms with Gasteiger partial charge in [-0.3, -0.25) is 19.5 Å². The molecule has 1 aromatic carbocycles. The Bertz CT molecular complexity index is 706. The van der Waals surface area contributed by atoms with E-state index < -0.39 is 0 Å². The monoisotopic (exact) mass is 503 g/mol. The van der Waals surface area contributed by atoms with Gasteiger partial charge in [0.1, 0.15) is 5.82 Å². The van der Waals surface area contributed by atoms with Crippen LogP contribution in [0.3, 0.4) is 0 Å². The number of para-hydroxylation sites is 1. The summed E-state index contributed by atoms with van der Waals surface area (Å²) in [6.07, 6.45) is 1.53. The maximum atomic E-state index is 14.0. The number of piperazine rings is 1. The predicted octanol–water partition coefficient (Wildman–Crippen LogP) is 1.68. The second kappa shape index (κ2) is 10.6. The molecule has 0 radical (unpaired) electrons. The molecular weight excluding hydrogens is 476 g/mol. The second-order valence-electron chi connectivity index (χ2n) is 6.69. The Morgan fingerprint density at radius 2 is 1.75 bits per heavy atom. The fraction of sp³-hybridized carbons (Fsp3) is 0.526.